The molecule has 6 N–H and O–H groups in total. The Morgan fingerprint density at radius 3 is 2.10 bits per heavy atom. The third kappa shape index (κ3) is 8.33. The molecule has 5 heteroatoms. The predicted molar refractivity (Wildman–Crippen MR) is 180 cm³/mol. The average Bonchev–Trinajstić information content (AvgIpc) is 3.31. The van der Waals surface area contributed by atoms with Gasteiger partial charge in [-0.2, -0.15) is 0 Å². The van der Waals surface area contributed by atoms with Crippen LogP contribution in [0.3, 0.4) is 0 Å². The van der Waals surface area contributed by atoms with Crippen LogP contribution in [0.4, 0.5) is 0 Å². The first-order chi connectivity index (χ1) is 20.2. The summed E-state index contributed by atoms with van der Waals surface area (Å²) >= 11 is 0. The van der Waals surface area contributed by atoms with E-state index in [0.717, 1.165) is 87.6 Å². The molecular weight excluding hydrogens is 516 g/mol. The molecule has 5 nitrogen and oxygen atoms in total. The van der Waals surface area contributed by atoms with Crippen molar-refractivity contribution in [2.75, 3.05) is 39.3 Å². The Kier molecular flexibility index (Phi) is 13.5. The number of aliphatic hydroxyl groups is 1. The van der Waals surface area contributed by atoms with Crippen molar-refractivity contribution in [1.82, 2.24) is 16.0 Å². The lowest BCUT2D eigenvalue weighted by Gasteiger charge is -2.62. The van der Waals surface area contributed by atoms with Crippen LogP contribution in [-0.2, 0) is 0 Å². The van der Waals surface area contributed by atoms with Crippen LogP contribution in [0.2, 0.25) is 0 Å². The molecule has 0 bridgehead atoms. The summed E-state index contributed by atoms with van der Waals surface area (Å²) in [6.07, 6.45) is 19.4. The standard InChI is InChI=1S/C37H72N4O/c1-27(2)11-8-12-28(3)31-13-14-32-30-26-35(42)34-25-29(15-17-37(34,5)33(30)16-18-36(31,32)4)41-24-10-23-40-21-7-6-20-39-22-9-19-38/h27-35,39-42H,6-26,38H2,1-5H3/t28-,29+,30?,31?,32?,33?,34-,35-,36-,37-/m1/s1. The molecule has 4 aliphatic rings. The van der Waals surface area contributed by atoms with Crippen molar-refractivity contribution in [2.45, 2.75) is 143 Å². The van der Waals surface area contributed by atoms with Crippen molar-refractivity contribution < 1.29 is 5.11 Å². The number of aliphatic hydroxyl groups excluding tert-OH is 1. The second-order valence-electron chi connectivity index (χ2n) is 16.5. The summed E-state index contributed by atoms with van der Waals surface area (Å²) in [5.74, 6) is 5.51. The molecule has 246 valence electrons. The van der Waals surface area contributed by atoms with Crippen LogP contribution in [0.1, 0.15) is 131 Å². The van der Waals surface area contributed by atoms with Gasteiger partial charge in [-0.15, -0.1) is 0 Å². The number of nitrogens with two attached hydrogens (primary N) is 1. The lowest BCUT2D eigenvalue weighted by atomic mass is 9.43. The SMILES string of the molecule is CC(C)CCC[C@@H](C)C1CCC2C3C[C@@H](O)[C@H]4C[C@@H](NCCCNCCCCNCCCN)CC[C@]4(C)C3CC[C@@]21C. The largest absolute Gasteiger partial charge is 0.393 e. The second kappa shape index (κ2) is 16.4. The van der Waals surface area contributed by atoms with Gasteiger partial charge in [0, 0.05) is 6.04 Å². The molecule has 4 aliphatic carbocycles. The molecule has 0 spiro atoms. The Labute approximate surface area is 261 Å². The van der Waals surface area contributed by atoms with E-state index in [0.29, 0.717) is 22.8 Å². The Morgan fingerprint density at radius 1 is 0.714 bits per heavy atom. The smallest absolute Gasteiger partial charge is 0.0577 e. The highest BCUT2D eigenvalue weighted by Crippen LogP contribution is 2.68. The molecule has 0 aromatic heterocycles. The van der Waals surface area contributed by atoms with Crippen molar-refractivity contribution in [3.63, 3.8) is 0 Å². The van der Waals surface area contributed by atoms with E-state index < -0.39 is 0 Å². The second-order valence-corrected chi connectivity index (χ2v) is 16.5. The van der Waals surface area contributed by atoms with Gasteiger partial charge in [-0.25, -0.2) is 0 Å². The monoisotopic (exact) mass is 589 g/mol. The number of fused-ring (bicyclic) bond motifs is 5. The van der Waals surface area contributed by atoms with Gasteiger partial charge in [-0.3, -0.25) is 0 Å². The van der Waals surface area contributed by atoms with E-state index >= 15 is 0 Å². The van der Waals surface area contributed by atoms with Crippen LogP contribution in [0.5, 0.6) is 0 Å². The minimum absolute atomic E-state index is 0.0998. The first-order valence-corrected chi connectivity index (χ1v) is 18.7. The van der Waals surface area contributed by atoms with Gasteiger partial charge in [0.1, 0.15) is 0 Å². The van der Waals surface area contributed by atoms with Crippen LogP contribution in [0.15, 0.2) is 0 Å². The van der Waals surface area contributed by atoms with Crippen LogP contribution in [-0.4, -0.2) is 56.5 Å². The van der Waals surface area contributed by atoms with E-state index in [-0.39, 0.29) is 6.10 Å². The molecule has 0 heterocycles. The highest BCUT2D eigenvalue weighted by molar-refractivity contribution is 5.11. The van der Waals surface area contributed by atoms with Gasteiger partial charge < -0.3 is 26.8 Å². The molecule has 10 atom stereocenters. The summed E-state index contributed by atoms with van der Waals surface area (Å²) in [6, 6.07) is 0.588. The normalized spacial score (nSPS) is 38.7. The van der Waals surface area contributed by atoms with Crippen molar-refractivity contribution in [3.05, 3.63) is 0 Å². The predicted octanol–water partition coefficient (Wildman–Crippen LogP) is 6.74. The van der Waals surface area contributed by atoms with Crippen LogP contribution < -0.4 is 21.7 Å². The first-order valence-electron chi connectivity index (χ1n) is 18.7. The van der Waals surface area contributed by atoms with Gasteiger partial charge in [0.2, 0.25) is 0 Å². The molecule has 0 amide bonds. The number of hydrogen-bond acceptors (Lipinski definition) is 5. The highest BCUT2D eigenvalue weighted by atomic mass is 16.3. The van der Waals surface area contributed by atoms with Crippen molar-refractivity contribution >= 4 is 0 Å². The summed E-state index contributed by atoms with van der Waals surface area (Å²) in [7, 11) is 0. The van der Waals surface area contributed by atoms with Gasteiger partial charge >= 0.3 is 0 Å². The van der Waals surface area contributed by atoms with Crippen molar-refractivity contribution in [1.29, 1.82) is 0 Å². The Balaban J connectivity index is 1.19. The van der Waals surface area contributed by atoms with Gasteiger partial charge in [0.05, 0.1) is 6.10 Å². The maximum absolute atomic E-state index is 11.7. The third-order valence-corrected chi connectivity index (χ3v) is 13.4. The van der Waals surface area contributed by atoms with Gasteiger partial charge in [-0.05, 0) is 169 Å². The minimum atomic E-state index is -0.0998. The maximum atomic E-state index is 11.7. The summed E-state index contributed by atoms with van der Waals surface area (Å²) in [6.45, 7) is 18.9. The Bertz CT molecular complexity index is 777. The first kappa shape index (κ1) is 34.7. The summed E-state index contributed by atoms with van der Waals surface area (Å²) < 4.78 is 0. The Hall–Kier alpha value is -0.200. The molecule has 4 rings (SSSR count). The number of rotatable bonds is 18. The van der Waals surface area contributed by atoms with Gasteiger partial charge in [-0.1, -0.05) is 53.9 Å². The molecule has 0 aromatic rings. The molecule has 0 saturated heterocycles. The van der Waals surface area contributed by atoms with Crippen molar-refractivity contribution in [2.24, 2.45) is 58.0 Å². The lowest BCUT2D eigenvalue weighted by Crippen LogP contribution is -2.59. The van der Waals surface area contributed by atoms with E-state index in [9.17, 15) is 5.11 Å². The molecule has 42 heavy (non-hydrogen) atoms. The molecule has 4 saturated carbocycles. The molecular formula is C37H72N4O. The van der Waals surface area contributed by atoms with Crippen LogP contribution in [0.25, 0.3) is 0 Å². The summed E-state index contributed by atoms with van der Waals surface area (Å²) in [5, 5.41) is 22.7. The number of nitrogens with one attached hydrogen (secondary N) is 3. The zero-order valence-corrected chi connectivity index (χ0v) is 28.6. The van der Waals surface area contributed by atoms with Gasteiger partial charge in [0.25, 0.3) is 0 Å². The summed E-state index contributed by atoms with van der Waals surface area (Å²) in [5.41, 5.74) is 6.39. The molecule has 0 aromatic carbocycles. The third-order valence-electron chi connectivity index (χ3n) is 13.4. The zero-order valence-electron chi connectivity index (χ0n) is 28.6. The van der Waals surface area contributed by atoms with Gasteiger partial charge in [0.15, 0.2) is 0 Å². The fourth-order valence-corrected chi connectivity index (χ4v) is 11.0. The average molecular weight is 589 g/mol. The topological polar surface area (TPSA) is 82.3 Å². The minimum Gasteiger partial charge on any atom is -0.393 e. The van der Waals surface area contributed by atoms with Crippen LogP contribution in [0, 0.1) is 52.3 Å². The van der Waals surface area contributed by atoms with E-state index in [1.807, 2.05) is 0 Å². The van der Waals surface area contributed by atoms with Crippen molar-refractivity contribution in [3.8, 4) is 0 Å². The van der Waals surface area contributed by atoms with E-state index in [4.69, 9.17) is 5.73 Å². The molecule has 0 radical (unpaired) electrons. The highest BCUT2D eigenvalue weighted by Gasteiger charge is 2.62. The number of unbranched alkanes of at least 4 members (excludes halogenated alkanes) is 1. The number of hydrogen-bond donors (Lipinski definition) is 5. The molecule has 0 aliphatic heterocycles. The zero-order chi connectivity index (χ0) is 30.2. The quantitative estimate of drug-likeness (QED) is 0.115. The van der Waals surface area contributed by atoms with E-state index in [1.165, 1.54) is 83.5 Å². The lowest BCUT2D eigenvalue weighted by molar-refractivity contribution is -0.162. The maximum Gasteiger partial charge on any atom is 0.0577 e. The fourth-order valence-electron chi connectivity index (χ4n) is 11.0. The Morgan fingerprint density at radius 2 is 1.38 bits per heavy atom. The molecule has 4 fully saturated rings. The fraction of sp³-hybridized carbons (Fsp3) is 1.00. The summed E-state index contributed by atoms with van der Waals surface area (Å²) in [4.78, 5) is 0. The van der Waals surface area contributed by atoms with E-state index in [1.54, 1.807) is 0 Å². The molecule has 4 unspecified atom stereocenters. The van der Waals surface area contributed by atoms with E-state index in [2.05, 4.69) is 50.6 Å². The van der Waals surface area contributed by atoms with Crippen LogP contribution >= 0.6 is 0 Å².